The molecular formula is C15H20N2O. The largest absolute Gasteiger partial charge is 0.360 e. The molecule has 96 valence electrons. The SMILES string of the molecule is CCN(CC(C)C)C(=O)c1c[nH]c2ccccc12. The molecule has 18 heavy (non-hydrogen) atoms. The number of fused-ring (bicyclic) bond motifs is 1. The average molecular weight is 244 g/mol. The van der Waals surface area contributed by atoms with Crippen molar-refractivity contribution in [1.82, 2.24) is 9.88 Å². The number of hydrogen-bond donors (Lipinski definition) is 1. The zero-order valence-electron chi connectivity index (χ0n) is 11.2. The lowest BCUT2D eigenvalue weighted by Crippen LogP contribution is -2.33. The zero-order chi connectivity index (χ0) is 13.1. The molecule has 3 nitrogen and oxygen atoms in total. The number of carbonyl (C=O) groups is 1. The summed E-state index contributed by atoms with van der Waals surface area (Å²) in [6, 6.07) is 7.91. The van der Waals surface area contributed by atoms with Crippen molar-refractivity contribution in [1.29, 1.82) is 0 Å². The molecule has 1 amide bonds. The first-order valence-electron chi connectivity index (χ1n) is 6.48. The van der Waals surface area contributed by atoms with Gasteiger partial charge in [0.1, 0.15) is 0 Å². The number of hydrogen-bond acceptors (Lipinski definition) is 1. The number of benzene rings is 1. The van der Waals surface area contributed by atoms with E-state index in [2.05, 4.69) is 18.8 Å². The van der Waals surface area contributed by atoms with E-state index in [1.807, 2.05) is 42.3 Å². The van der Waals surface area contributed by atoms with Crippen LogP contribution in [-0.4, -0.2) is 28.9 Å². The minimum atomic E-state index is 0.114. The van der Waals surface area contributed by atoms with E-state index in [1.165, 1.54) is 0 Å². The van der Waals surface area contributed by atoms with Crippen LogP contribution in [0.5, 0.6) is 0 Å². The Bertz CT molecular complexity index is 542. The summed E-state index contributed by atoms with van der Waals surface area (Å²) in [5.74, 6) is 0.600. The number of aromatic nitrogens is 1. The van der Waals surface area contributed by atoms with Crippen molar-refractivity contribution in [2.24, 2.45) is 5.92 Å². The Morgan fingerprint density at radius 1 is 1.33 bits per heavy atom. The van der Waals surface area contributed by atoms with Crippen molar-refractivity contribution in [3.8, 4) is 0 Å². The summed E-state index contributed by atoms with van der Waals surface area (Å²) in [5, 5.41) is 1.00. The van der Waals surface area contributed by atoms with Crippen LogP contribution in [0.25, 0.3) is 10.9 Å². The highest BCUT2D eigenvalue weighted by molar-refractivity contribution is 6.06. The highest BCUT2D eigenvalue weighted by Crippen LogP contribution is 2.19. The minimum Gasteiger partial charge on any atom is -0.360 e. The van der Waals surface area contributed by atoms with Crippen molar-refractivity contribution >= 4 is 16.8 Å². The van der Waals surface area contributed by atoms with Crippen molar-refractivity contribution in [3.63, 3.8) is 0 Å². The van der Waals surface area contributed by atoms with Crippen molar-refractivity contribution in [3.05, 3.63) is 36.0 Å². The van der Waals surface area contributed by atoms with Crippen LogP contribution in [0.4, 0.5) is 0 Å². The van der Waals surface area contributed by atoms with Crippen LogP contribution in [0, 0.1) is 5.92 Å². The number of H-pyrrole nitrogens is 1. The van der Waals surface area contributed by atoms with Crippen LogP contribution in [-0.2, 0) is 0 Å². The maximum Gasteiger partial charge on any atom is 0.256 e. The maximum atomic E-state index is 12.5. The number of carbonyl (C=O) groups excluding carboxylic acids is 1. The Morgan fingerprint density at radius 3 is 2.72 bits per heavy atom. The molecule has 2 rings (SSSR count). The molecule has 0 saturated carbocycles. The van der Waals surface area contributed by atoms with Gasteiger partial charge in [0.25, 0.3) is 5.91 Å². The molecule has 0 spiro atoms. The van der Waals surface area contributed by atoms with Gasteiger partial charge in [-0.15, -0.1) is 0 Å². The van der Waals surface area contributed by atoms with Gasteiger partial charge in [0.2, 0.25) is 0 Å². The molecular weight excluding hydrogens is 224 g/mol. The van der Waals surface area contributed by atoms with Crippen LogP contribution in [0.15, 0.2) is 30.5 Å². The predicted octanol–water partition coefficient (Wildman–Crippen LogP) is 3.29. The van der Waals surface area contributed by atoms with E-state index in [0.717, 1.165) is 29.6 Å². The van der Waals surface area contributed by atoms with Gasteiger partial charge < -0.3 is 9.88 Å². The first-order chi connectivity index (χ1) is 8.63. The second-order valence-electron chi connectivity index (χ2n) is 4.99. The molecule has 0 atom stereocenters. The van der Waals surface area contributed by atoms with Crippen molar-refractivity contribution < 1.29 is 4.79 Å². The van der Waals surface area contributed by atoms with Gasteiger partial charge in [-0.2, -0.15) is 0 Å². The number of aromatic amines is 1. The Hall–Kier alpha value is -1.77. The van der Waals surface area contributed by atoms with Gasteiger partial charge in [0.15, 0.2) is 0 Å². The van der Waals surface area contributed by atoms with E-state index in [0.29, 0.717) is 5.92 Å². The van der Waals surface area contributed by atoms with Gasteiger partial charge in [-0.25, -0.2) is 0 Å². The normalized spacial score (nSPS) is 11.1. The zero-order valence-corrected chi connectivity index (χ0v) is 11.2. The molecule has 0 fully saturated rings. The Balaban J connectivity index is 2.32. The Morgan fingerprint density at radius 2 is 2.06 bits per heavy atom. The first kappa shape index (κ1) is 12.7. The lowest BCUT2D eigenvalue weighted by Gasteiger charge is -2.22. The van der Waals surface area contributed by atoms with Gasteiger partial charge in [0.05, 0.1) is 5.56 Å². The van der Waals surface area contributed by atoms with Crippen LogP contribution in [0.3, 0.4) is 0 Å². The third-order valence-corrected chi connectivity index (χ3v) is 3.07. The number of nitrogens with one attached hydrogen (secondary N) is 1. The highest BCUT2D eigenvalue weighted by Gasteiger charge is 2.18. The molecule has 1 N–H and O–H groups in total. The number of rotatable bonds is 4. The van der Waals surface area contributed by atoms with Crippen LogP contribution in [0.2, 0.25) is 0 Å². The molecule has 0 aliphatic heterocycles. The van der Waals surface area contributed by atoms with E-state index in [9.17, 15) is 4.79 Å². The van der Waals surface area contributed by atoms with E-state index < -0.39 is 0 Å². The number of amides is 1. The van der Waals surface area contributed by atoms with Crippen molar-refractivity contribution in [2.45, 2.75) is 20.8 Å². The van der Waals surface area contributed by atoms with Crippen LogP contribution >= 0.6 is 0 Å². The summed E-state index contributed by atoms with van der Waals surface area (Å²) < 4.78 is 0. The average Bonchev–Trinajstić information content (AvgIpc) is 2.78. The second-order valence-corrected chi connectivity index (χ2v) is 4.99. The molecule has 0 aliphatic carbocycles. The molecule has 0 saturated heterocycles. The second kappa shape index (κ2) is 5.25. The van der Waals surface area contributed by atoms with E-state index in [-0.39, 0.29) is 5.91 Å². The van der Waals surface area contributed by atoms with Gasteiger partial charge in [-0.05, 0) is 18.9 Å². The third kappa shape index (κ3) is 2.40. The van der Waals surface area contributed by atoms with Crippen molar-refractivity contribution in [2.75, 3.05) is 13.1 Å². The smallest absolute Gasteiger partial charge is 0.256 e. The topological polar surface area (TPSA) is 36.1 Å². The summed E-state index contributed by atoms with van der Waals surface area (Å²) in [7, 11) is 0. The summed E-state index contributed by atoms with van der Waals surface area (Å²) in [4.78, 5) is 17.5. The standard InChI is InChI=1S/C15H20N2O/c1-4-17(10-11(2)3)15(18)13-9-16-14-8-6-5-7-12(13)14/h5-9,11,16H,4,10H2,1-3H3. The third-order valence-electron chi connectivity index (χ3n) is 3.07. The monoisotopic (exact) mass is 244 g/mol. The summed E-state index contributed by atoms with van der Waals surface area (Å²) in [6.45, 7) is 7.83. The molecule has 2 aromatic rings. The quantitative estimate of drug-likeness (QED) is 0.880. The Labute approximate surface area is 108 Å². The van der Waals surface area contributed by atoms with Gasteiger partial charge in [-0.1, -0.05) is 32.0 Å². The maximum absolute atomic E-state index is 12.5. The van der Waals surface area contributed by atoms with Crippen LogP contribution < -0.4 is 0 Å². The fourth-order valence-corrected chi connectivity index (χ4v) is 2.22. The summed E-state index contributed by atoms with van der Waals surface area (Å²) in [6.07, 6.45) is 1.82. The molecule has 0 unspecified atom stereocenters. The first-order valence-corrected chi connectivity index (χ1v) is 6.48. The molecule has 1 heterocycles. The van der Waals surface area contributed by atoms with E-state index in [1.54, 1.807) is 0 Å². The van der Waals surface area contributed by atoms with Gasteiger partial charge >= 0.3 is 0 Å². The van der Waals surface area contributed by atoms with E-state index in [4.69, 9.17) is 0 Å². The predicted molar refractivity (Wildman–Crippen MR) is 74.7 cm³/mol. The summed E-state index contributed by atoms with van der Waals surface area (Å²) in [5.41, 5.74) is 1.79. The minimum absolute atomic E-state index is 0.114. The molecule has 3 heteroatoms. The van der Waals surface area contributed by atoms with Gasteiger partial charge in [-0.3, -0.25) is 4.79 Å². The lowest BCUT2D eigenvalue weighted by molar-refractivity contribution is 0.0748. The lowest BCUT2D eigenvalue weighted by atomic mass is 10.1. The fourth-order valence-electron chi connectivity index (χ4n) is 2.22. The molecule has 1 aromatic carbocycles. The Kier molecular flexibility index (Phi) is 3.70. The molecule has 1 aromatic heterocycles. The molecule has 0 radical (unpaired) electrons. The number of para-hydroxylation sites is 1. The van der Waals surface area contributed by atoms with Crippen LogP contribution in [0.1, 0.15) is 31.1 Å². The van der Waals surface area contributed by atoms with Gasteiger partial charge in [0, 0.05) is 30.2 Å². The molecule has 0 bridgehead atoms. The molecule has 0 aliphatic rings. The fraction of sp³-hybridized carbons (Fsp3) is 0.400. The highest BCUT2D eigenvalue weighted by atomic mass is 16.2. The summed E-state index contributed by atoms with van der Waals surface area (Å²) >= 11 is 0. The number of nitrogens with zero attached hydrogens (tertiary/aromatic N) is 1. The van der Waals surface area contributed by atoms with E-state index >= 15 is 0 Å².